The van der Waals surface area contributed by atoms with E-state index in [9.17, 15) is 4.79 Å². The number of carbonyl (C=O) groups is 1. The van der Waals surface area contributed by atoms with Crippen LogP contribution in [0.25, 0.3) is 0 Å². The van der Waals surface area contributed by atoms with Gasteiger partial charge >= 0.3 is 5.97 Å². The Balaban J connectivity index is -0.000000309. The highest BCUT2D eigenvalue weighted by Crippen LogP contribution is 1.90. The van der Waals surface area contributed by atoms with E-state index in [1.807, 2.05) is 13.8 Å². The van der Waals surface area contributed by atoms with Crippen LogP contribution in [-0.2, 0) is 9.53 Å². The van der Waals surface area contributed by atoms with E-state index >= 15 is 0 Å². The molecule has 0 fully saturated rings. The van der Waals surface area contributed by atoms with Crippen LogP contribution in [0.2, 0.25) is 0 Å². The van der Waals surface area contributed by atoms with E-state index in [2.05, 4.69) is 4.74 Å². The Morgan fingerprint density at radius 3 is 2.42 bits per heavy atom. The normalized spacial score (nSPS) is 9.42. The summed E-state index contributed by atoms with van der Waals surface area (Å²) in [5, 5.41) is 6.69. The van der Waals surface area contributed by atoms with Gasteiger partial charge in [-0.25, -0.2) is 4.79 Å². The van der Waals surface area contributed by atoms with Gasteiger partial charge in [0.2, 0.25) is 0 Å². The van der Waals surface area contributed by atoms with Gasteiger partial charge in [-0.05, 0) is 6.92 Å². The highest BCUT2D eigenvalue weighted by atomic mass is 16.5. The average Bonchev–Trinajstić information content (AvgIpc) is 2.11. The van der Waals surface area contributed by atoms with E-state index in [0.717, 1.165) is 12.4 Å². The Labute approximate surface area is 74.4 Å². The molecule has 0 aromatic heterocycles. The Bertz CT molecular complexity index is 170. The maximum absolute atomic E-state index is 10.7. The van der Waals surface area contributed by atoms with Crippen LogP contribution >= 0.6 is 0 Å². The summed E-state index contributed by atoms with van der Waals surface area (Å²) in [5.74, 6) is -0.556. The van der Waals surface area contributed by atoms with Crippen molar-refractivity contribution in [2.24, 2.45) is 5.73 Å². The lowest BCUT2D eigenvalue weighted by Crippen LogP contribution is -2.09. The quantitative estimate of drug-likeness (QED) is 0.385. The number of esters is 1. The van der Waals surface area contributed by atoms with Crippen molar-refractivity contribution in [1.82, 2.24) is 0 Å². The molecule has 3 N–H and O–H groups in total. The molecule has 0 amide bonds. The maximum atomic E-state index is 10.7. The zero-order chi connectivity index (χ0) is 9.98. The molecule has 0 aromatic carbocycles. The molecule has 0 heterocycles. The zero-order valence-electron chi connectivity index (χ0n) is 7.76. The topological polar surface area (TPSA) is 76.2 Å². The molecule has 0 spiro atoms. The lowest BCUT2D eigenvalue weighted by atomic mass is 10.3. The summed E-state index contributed by atoms with van der Waals surface area (Å²) in [4.78, 5) is 10.7. The van der Waals surface area contributed by atoms with E-state index in [1.54, 1.807) is 6.92 Å². The van der Waals surface area contributed by atoms with Gasteiger partial charge in [-0.15, -0.1) is 0 Å². The molecule has 4 heteroatoms. The Morgan fingerprint density at radius 2 is 2.17 bits per heavy atom. The molecule has 0 rings (SSSR count). The first kappa shape index (κ1) is 13.3. The number of hydrogen-bond donors (Lipinski definition) is 2. The third kappa shape index (κ3) is 5.46. The minimum absolute atomic E-state index is 0. The van der Waals surface area contributed by atoms with Crippen molar-refractivity contribution < 1.29 is 11.0 Å². The fourth-order valence-corrected chi connectivity index (χ4v) is 0.390. The van der Waals surface area contributed by atoms with Gasteiger partial charge < -0.3 is 15.9 Å². The van der Waals surface area contributed by atoms with Crippen LogP contribution < -0.4 is 5.73 Å². The second-order valence-electron chi connectivity index (χ2n) is 1.49. The molecule has 4 nitrogen and oxygen atoms in total. The smallest absolute Gasteiger partial charge is 0.341 e. The van der Waals surface area contributed by atoms with Crippen molar-refractivity contribution in [3.63, 3.8) is 0 Å². The molecule has 72 valence electrons. The van der Waals surface area contributed by atoms with Crippen LogP contribution in [0.1, 0.15) is 22.2 Å². The first-order chi connectivity index (χ1) is 5.76. The van der Waals surface area contributed by atoms with Crippen LogP contribution in [0.4, 0.5) is 0 Å². The van der Waals surface area contributed by atoms with Crippen LogP contribution in [0.5, 0.6) is 0 Å². The molecule has 0 atom stereocenters. The predicted molar refractivity (Wildman–Crippen MR) is 51.1 cm³/mol. The van der Waals surface area contributed by atoms with Gasteiger partial charge in [0.15, 0.2) is 0 Å². The van der Waals surface area contributed by atoms with Crippen LogP contribution in [0, 0.1) is 5.41 Å². The molecule has 0 bridgehead atoms. The Morgan fingerprint density at radius 1 is 1.67 bits per heavy atom. The standard InChI is InChI=1S/C6H10N2O2.C2H6.H2/c1-2-10-6(9)5(3-7)4-8;1-2;/h3-4,7H,2,8H2,1H3;1-2H3;1H/b5-4+,7-3?;;. The lowest BCUT2D eigenvalue weighted by Gasteiger charge is -1.98. The van der Waals surface area contributed by atoms with Gasteiger partial charge in [0.05, 0.1) is 12.2 Å². The molecular weight excluding hydrogens is 156 g/mol. The van der Waals surface area contributed by atoms with E-state index in [0.29, 0.717) is 6.61 Å². The van der Waals surface area contributed by atoms with Crippen LogP contribution in [-0.4, -0.2) is 18.8 Å². The van der Waals surface area contributed by atoms with Crippen molar-refractivity contribution >= 4 is 12.2 Å². The molecule has 0 saturated carbocycles. The van der Waals surface area contributed by atoms with Crippen LogP contribution in [0.3, 0.4) is 0 Å². The molecular formula is C8H18N2O2. The Kier molecular flexibility index (Phi) is 10.7. The number of carbonyl (C=O) groups excluding carboxylic acids is 1. The second-order valence-corrected chi connectivity index (χ2v) is 1.49. The largest absolute Gasteiger partial charge is 0.462 e. The van der Waals surface area contributed by atoms with Gasteiger partial charge in [-0.3, -0.25) is 0 Å². The summed E-state index contributed by atoms with van der Waals surface area (Å²) < 4.78 is 4.55. The van der Waals surface area contributed by atoms with Gasteiger partial charge in [-0.2, -0.15) is 0 Å². The van der Waals surface area contributed by atoms with Gasteiger partial charge in [0, 0.05) is 13.8 Å². The molecule has 0 saturated heterocycles. The fourth-order valence-electron chi connectivity index (χ4n) is 0.390. The Hall–Kier alpha value is -1.32. The van der Waals surface area contributed by atoms with Crippen molar-refractivity contribution in [2.45, 2.75) is 20.8 Å². The minimum atomic E-state index is -0.556. The number of nitrogens with one attached hydrogen (secondary N) is 1. The van der Waals surface area contributed by atoms with E-state index < -0.39 is 5.97 Å². The molecule has 0 aliphatic rings. The monoisotopic (exact) mass is 174 g/mol. The zero-order valence-corrected chi connectivity index (χ0v) is 7.76. The van der Waals surface area contributed by atoms with Crippen LogP contribution in [0.15, 0.2) is 11.8 Å². The predicted octanol–water partition coefficient (Wildman–Crippen LogP) is 1.31. The van der Waals surface area contributed by atoms with Crippen molar-refractivity contribution in [3.8, 4) is 0 Å². The van der Waals surface area contributed by atoms with E-state index in [4.69, 9.17) is 11.1 Å². The van der Waals surface area contributed by atoms with E-state index in [-0.39, 0.29) is 7.00 Å². The highest BCUT2D eigenvalue weighted by Gasteiger charge is 2.04. The first-order valence-corrected chi connectivity index (χ1v) is 3.85. The first-order valence-electron chi connectivity index (χ1n) is 3.85. The summed E-state index contributed by atoms with van der Waals surface area (Å²) in [5.41, 5.74) is 5.07. The number of nitrogens with two attached hydrogens (primary N) is 1. The third-order valence-corrected chi connectivity index (χ3v) is 0.846. The molecule has 0 aliphatic carbocycles. The van der Waals surface area contributed by atoms with Gasteiger partial charge in [0.25, 0.3) is 0 Å². The maximum Gasteiger partial charge on any atom is 0.341 e. The summed E-state index contributed by atoms with van der Waals surface area (Å²) in [7, 11) is 0. The summed E-state index contributed by atoms with van der Waals surface area (Å²) in [6.07, 6.45) is 1.91. The van der Waals surface area contributed by atoms with Crippen molar-refractivity contribution in [1.29, 1.82) is 5.41 Å². The lowest BCUT2D eigenvalue weighted by molar-refractivity contribution is -0.137. The van der Waals surface area contributed by atoms with Crippen molar-refractivity contribution in [2.75, 3.05) is 6.61 Å². The molecule has 0 radical (unpaired) electrons. The number of hydrogen-bond acceptors (Lipinski definition) is 4. The molecule has 0 aliphatic heterocycles. The minimum Gasteiger partial charge on any atom is -0.462 e. The SMILES string of the molecule is CC.CCOC(=O)/C(C=N)=C/N.[HH]. The third-order valence-electron chi connectivity index (χ3n) is 0.846. The second kappa shape index (κ2) is 9.68. The van der Waals surface area contributed by atoms with Gasteiger partial charge in [-0.1, -0.05) is 13.8 Å². The number of rotatable bonds is 3. The molecule has 0 aromatic rings. The van der Waals surface area contributed by atoms with Crippen molar-refractivity contribution in [3.05, 3.63) is 11.8 Å². The number of ether oxygens (including phenoxy) is 1. The molecule has 0 unspecified atom stereocenters. The van der Waals surface area contributed by atoms with E-state index in [1.165, 1.54) is 0 Å². The fraction of sp³-hybridized carbons (Fsp3) is 0.500. The summed E-state index contributed by atoms with van der Waals surface area (Å²) >= 11 is 0. The average molecular weight is 174 g/mol. The highest BCUT2D eigenvalue weighted by molar-refractivity contribution is 6.08. The van der Waals surface area contributed by atoms with Gasteiger partial charge in [0.1, 0.15) is 0 Å². The summed E-state index contributed by atoms with van der Waals surface area (Å²) in [6, 6.07) is 0. The molecule has 12 heavy (non-hydrogen) atoms. The summed E-state index contributed by atoms with van der Waals surface area (Å²) in [6.45, 7) is 5.99.